The molecule has 4 rings (SSSR count). The minimum atomic E-state index is -1.58. The number of nitrogens with one attached hydrogen (secondary N) is 3. The predicted molar refractivity (Wildman–Crippen MR) is 170 cm³/mol. The van der Waals surface area contributed by atoms with Gasteiger partial charge in [-0.05, 0) is 50.7 Å². The molecule has 45 heavy (non-hydrogen) atoms. The van der Waals surface area contributed by atoms with Crippen molar-refractivity contribution >= 4 is 41.1 Å². The van der Waals surface area contributed by atoms with Gasteiger partial charge >= 0.3 is 6.03 Å². The molecule has 2 fully saturated rings. The van der Waals surface area contributed by atoms with E-state index in [1.807, 2.05) is 47.6 Å². The molecular formula is C32H47ClN6O6. The highest BCUT2D eigenvalue weighted by molar-refractivity contribution is 6.31. The summed E-state index contributed by atoms with van der Waals surface area (Å²) >= 11 is 6.22. The molecule has 5 amide bonds. The number of nitrogens with two attached hydrogens (primary N) is 1. The van der Waals surface area contributed by atoms with Gasteiger partial charge in [-0.1, -0.05) is 68.9 Å². The van der Waals surface area contributed by atoms with E-state index in [9.17, 15) is 24.3 Å². The van der Waals surface area contributed by atoms with Crippen LogP contribution < -0.4 is 21.7 Å². The maximum Gasteiger partial charge on any atom is 0.315 e. The molecule has 13 heteroatoms. The molecule has 5 atom stereocenters. The lowest BCUT2D eigenvalue weighted by atomic mass is 9.79. The van der Waals surface area contributed by atoms with Crippen molar-refractivity contribution in [1.82, 2.24) is 20.9 Å². The normalized spacial score (nSPS) is 23.8. The van der Waals surface area contributed by atoms with E-state index in [1.54, 1.807) is 18.2 Å². The van der Waals surface area contributed by atoms with E-state index in [1.165, 1.54) is 4.90 Å². The molecule has 1 saturated carbocycles. The number of hydrogen-bond donors (Lipinski definition) is 5. The number of halogens is 1. The van der Waals surface area contributed by atoms with Gasteiger partial charge < -0.3 is 36.5 Å². The molecule has 1 aromatic carbocycles. The van der Waals surface area contributed by atoms with Crippen molar-refractivity contribution < 1.29 is 29.1 Å². The molecule has 1 aliphatic carbocycles. The van der Waals surface area contributed by atoms with Crippen LogP contribution in [0.3, 0.4) is 0 Å². The number of aliphatic hydroxyl groups is 1. The van der Waals surface area contributed by atoms with Gasteiger partial charge in [0, 0.05) is 29.0 Å². The molecule has 0 bridgehead atoms. The second-order valence-electron chi connectivity index (χ2n) is 14.8. The standard InChI is InChI=1S/C32H47ClN6O6/c1-30(2,3)25(36-29(44)37-31(4,5)6)28(43)39-17-32(15-22(38-45-32)19-11-8-12-20(33)14-19)16-23(39)27(42)35-21(24(40)26(34)41)13-18-9-7-10-18/h8,11-12,14,18,21,23-25,40H,7,9-10,13,15-17H2,1-6H3,(H2,34,41)(H,35,42)(H2,36,37,44)/t21?,23-,24?,25+,32+/m0/s1. The highest BCUT2D eigenvalue weighted by Crippen LogP contribution is 2.40. The van der Waals surface area contributed by atoms with Crippen LogP contribution in [0.25, 0.3) is 0 Å². The lowest BCUT2D eigenvalue weighted by molar-refractivity contribution is -0.143. The third kappa shape index (κ3) is 8.46. The lowest BCUT2D eigenvalue weighted by Crippen LogP contribution is -2.61. The van der Waals surface area contributed by atoms with Crippen LogP contribution in [-0.2, 0) is 19.2 Å². The third-order valence-corrected chi connectivity index (χ3v) is 8.91. The summed E-state index contributed by atoms with van der Waals surface area (Å²) in [6.07, 6.45) is 2.13. The molecule has 1 aromatic rings. The molecule has 12 nitrogen and oxygen atoms in total. The summed E-state index contributed by atoms with van der Waals surface area (Å²) in [6.45, 7) is 11.0. The van der Waals surface area contributed by atoms with Crippen molar-refractivity contribution in [2.24, 2.45) is 22.2 Å². The number of carbonyl (C=O) groups is 4. The first-order valence-electron chi connectivity index (χ1n) is 15.6. The quantitative estimate of drug-likeness (QED) is 0.276. The summed E-state index contributed by atoms with van der Waals surface area (Å²) in [7, 11) is 0. The van der Waals surface area contributed by atoms with Gasteiger partial charge in [-0.15, -0.1) is 0 Å². The predicted octanol–water partition coefficient (Wildman–Crippen LogP) is 2.84. The number of aliphatic hydroxyl groups excluding tert-OH is 1. The van der Waals surface area contributed by atoms with E-state index in [-0.39, 0.29) is 18.9 Å². The summed E-state index contributed by atoms with van der Waals surface area (Å²) in [4.78, 5) is 60.8. The Labute approximate surface area is 269 Å². The van der Waals surface area contributed by atoms with Crippen molar-refractivity contribution in [2.75, 3.05) is 6.54 Å². The third-order valence-electron chi connectivity index (χ3n) is 8.67. The Bertz CT molecular complexity index is 1340. The van der Waals surface area contributed by atoms with E-state index in [0.717, 1.165) is 24.8 Å². The Kier molecular flexibility index (Phi) is 10.1. The van der Waals surface area contributed by atoms with Crippen LogP contribution in [0.2, 0.25) is 5.02 Å². The minimum Gasteiger partial charge on any atom is -0.387 e. The fraction of sp³-hybridized carbons (Fsp3) is 0.656. The van der Waals surface area contributed by atoms with Crippen molar-refractivity contribution in [3.8, 4) is 0 Å². The molecule has 0 radical (unpaired) electrons. The fourth-order valence-corrected chi connectivity index (χ4v) is 6.30. The molecule has 248 valence electrons. The molecule has 0 aromatic heterocycles. The number of carbonyl (C=O) groups excluding carboxylic acids is 4. The Morgan fingerprint density at radius 2 is 1.84 bits per heavy atom. The number of benzene rings is 1. The van der Waals surface area contributed by atoms with Crippen LogP contribution in [0.1, 0.15) is 85.6 Å². The average Bonchev–Trinajstić information content (AvgIpc) is 3.50. The number of amides is 5. The Morgan fingerprint density at radius 1 is 1.16 bits per heavy atom. The zero-order valence-corrected chi connectivity index (χ0v) is 27.7. The van der Waals surface area contributed by atoms with Crippen LogP contribution in [0.15, 0.2) is 29.4 Å². The molecule has 3 aliphatic rings. The first-order chi connectivity index (χ1) is 20.9. The zero-order valence-electron chi connectivity index (χ0n) is 27.0. The van der Waals surface area contributed by atoms with E-state index < -0.39 is 64.5 Å². The Balaban J connectivity index is 1.63. The topological polar surface area (TPSA) is 175 Å². The number of rotatable bonds is 9. The van der Waals surface area contributed by atoms with Crippen LogP contribution >= 0.6 is 11.6 Å². The second-order valence-corrected chi connectivity index (χ2v) is 15.3. The zero-order chi connectivity index (χ0) is 33.3. The summed E-state index contributed by atoms with van der Waals surface area (Å²) in [5.74, 6) is -1.69. The number of urea groups is 1. The molecule has 1 spiro atoms. The number of nitrogens with zero attached hydrogens (tertiary/aromatic N) is 2. The maximum absolute atomic E-state index is 14.4. The monoisotopic (exact) mass is 646 g/mol. The van der Waals surface area contributed by atoms with Crippen molar-refractivity contribution in [1.29, 1.82) is 0 Å². The van der Waals surface area contributed by atoms with Gasteiger partial charge in [-0.2, -0.15) is 0 Å². The minimum absolute atomic E-state index is 0.0261. The summed E-state index contributed by atoms with van der Waals surface area (Å²) < 4.78 is 0. The molecule has 2 unspecified atom stereocenters. The van der Waals surface area contributed by atoms with Gasteiger partial charge in [0.2, 0.25) is 17.7 Å². The molecule has 1 saturated heterocycles. The Morgan fingerprint density at radius 3 is 2.40 bits per heavy atom. The highest BCUT2D eigenvalue weighted by Gasteiger charge is 2.55. The van der Waals surface area contributed by atoms with Crippen LogP contribution in [0.4, 0.5) is 4.79 Å². The van der Waals surface area contributed by atoms with Gasteiger partial charge in [0.05, 0.1) is 18.3 Å². The summed E-state index contributed by atoms with van der Waals surface area (Å²) in [5, 5.41) is 24.0. The maximum atomic E-state index is 14.4. The number of hydrogen-bond acceptors (Lipinski definition) is 7. The van der Waals surface area contributed by atoms with E-state index in [0.29, 0.717) is 23.6 Å². The van der Waals surface area contributed by atoms with Crippen molar-refractivity contribution in [3.05, 3.63) is 34.9 Å². The van der Waals surface area contributed by atoms with Gasteiger partial charge in [0.15, 0.2) is 11.7 Å². The lowest BCUT2D eigenvalue weighted by Gasteiger charge is -2.37. The number of likely N-dealkylation sites (tertiary alicyclic amines) is 1. The van der Waals surface area contributed by atoms with E-state index >= 15 is 0 Å². The largest absolute Gasteiger partial charge is 0.387 e. The fourth-order valence-electron chi connectivity index (χ4n) is 6.11. The van der Waals surface area contributed by atoms with Crippen LogP contribution in [0, 0.1) is 11.3 Å². The first-order valence-corrected chi connectivity index (χ1v) is 15.9. The summed E-state index contributed by atoms with van der Waals surface area (Å²) in [6, 6.07) is 3.73. The van der Waals surface area contributed by atoms with Crippen molar-refractivity contribution in [3.63, 3.8) is 0 Å². The number of oxime groups is 1. The molecule has 2 heterocycles. The Hall–Kier alpha value is -3.38. The number of primary amides is 1. The molecule has 6 N–H and O–H groups in total. The SMILES string of the molecule is CC(C)(C)NC(=O)N[C@H](C(=O)N1C[C@@]2(CC(c3cccc(Cl)c3)=NO2)C[C@H]1C(=O)NC(CC1CCC1)C(O)C(N)=O)C(C)(C)C. The highest BCUT2D eigenvalue weighted by atomic mass is 35.5. The second kappa shape index (κ2) is 13.2. The van der Waals surface area contributed by atoms with Gasteiger partial charge in [0.25, 0.3) is 0 Å². The van der Waals surface area contributed by atoms with E-state index in [4.69, 9.17) is 22.2 Å². The molecular weight excluding hydrogens is 600 g/mol. The van der Waals surface area contributed by atoms with E-state index in [2.05, 4.69) is 21.1 Å². The first kappa shape index (κ1) is 34.5. The van der Waals surface area contributed by atoms with Crippen LogP contribution in [0.5, 0.6) is 0 Å². The average molecular weight is 647 g/mol. The molecule has 2 aliphatic heterocycles. The summed E-state index contributed by atoms with van der Waals surface area (Å²) in [5.41, 5.74) is 4.55. The smallest absolute Gasteiger partial charge is 0.315 e. The van der Waals surface area contributed by atoms with Gasteiger partial charge in [-0.25, -0.2) is 4.79 Å². The van der Waals surface area contributed by atoms with Crippen LogP contribution in [-0.4, -0.2) is 81.4 Å². The van der Waals surface area contributed by atoms with Gasteiger partial charge in [0.1, 0.15) is 12.1 Å². The van der Waals surface area contributed by atoms with Gasteiger partial charge in [-0.3, -0.25) is 14.4 Å². The van der Waals surface area contributed by atoms with Crippen molar-refractivity contribution in [2.45, 2.75) is 115 Å².